The second-order valence-corrected chi connectivity index (χ2v) is 5.71. The van der Waals surface area contributed by atoms with Crippen LogP contribution in [-0.4, -0.2) is 18.5 Å². The van der Waals surface area contributed by atoms with Crippen molar-refractivity contribution in [2.24, 2.45) is 17.8 Å². The summed E-state index contributed by atoms with van der Waals surface area (Å²) in [5.41, 5.74) is 0. The van der Waals surface area contributed by atoms with Crippen molar-refractivity contribution in [1.82, 2.24) is 0 Å². The Morgan fingerprint density at radius 1 is 1.14 bits per heavy atom. The lowest BCUT2D eigenvalue weighted by molar-refractivity contribution is -0.146. The fourth-order valence-corrected chi connectivity index (χ4v) is 3.68. The van der Waals surface area contributed by atoms with Crippen LogP contribution in [0, 0.1) is 17.8 Å². The van der Waals surface area contributed by atoms with Gasteiger partial charge >= 0.3 is 0 Å². The molecule has 0 aromatic carbocycles. The molecule has 3 rings (SSSR count). The highest BCUT2D eigenvalue weighted by Crippen LogP contribution is 2.51. The van der Waals surface area contributed by atoms with Crippen LogP contribution in [0.5, 0.6) is 0 Å². The first-order valence-corrected chi connectivity index (χ1v) is 5.96. The molecule has 2 aliphatic carbocycles. The summed E-state index contributed by atoms with van der Waals surface area (Å²) in [6.07, 6.45) is 6.16. The minimum Gasteiger partial charge on any atom is -0.348 e. The highest BCUT2D eigenvalue weighted by molar-refractivity contribution is 4.95. The molecule has 0 aromatic heterocycles. The zero-order valence-electron chi connectivity index (χ0n) is 9.16. The highest BCUT2D eigenvalue weighted by atomic mass is 16.7. The molecule has 14 heavy (non-hydrogen) atoms. The van der Waals surface area contributed by atoms with Crippen molar-refractivity contribution in [3.8, 4) is 0 Å². The standard InChI is InChI=1S/C12H20O2/c1-12(2)13-7-11(14-12)10-6-8-3-4-9(10)5-8/h8-11H,3-7H2,1-2H3. The number of fused-ring (bicyclic) bond motifs is 2. The van der Waals surface area contributed by atoms with Gasteiger partial charge in [-0.05, 0) is 50.9 Å². The lowest BCUT2D eigenvalue weighted by Gasteiger charge is -2.27. The molecule has 1 heterocycles. The van der Waals surface area contributed by atoms with E-state index in [1.54, 1.807) is 0 Å². The van der Waals surface area contributed by atoms with Crippen LogP contribution in [0.4, 0.5) is 0 Å². The molecule has 0 amide bonds. The molecule has 4 unspecified atom stereocenters. The third kappa shape index (κ3) is 1.40. The van der Waals surface area contributed by atoms with Crippen LogP contribution >= 0.6 is 0 Å². The number of hydrogen-bond acceptors (Lipinski definition) is 2. The molecule has 0 N–H and O–H groups in total. The Labute approximate surface area is 86.0 Å². The normalized spacial score (nSPS) is 50.1. The summed E-state index contributed by atoms with van der Waals surface area (Å²) in [6, 6.07) is 0. The Morgan fingerprint density at radius 2 is 2.00 bits per heavy atom. The Hall–Kier alpha value is -0.0800. The van der Waals surface area contributed by atoms with E-state index in [-0.39, 0.29) is 5.79 Å². The first-order chi connectivity index (χ1) is 6.64. The molecule has 2 heteroatoms. The molecule has 3 fully saturated rings. The van der Waals surface area contributed by atoms with Gasteiger partial charge < -0.3 is 9.47 Å². The van der Waals surface area contributed by atoms with Crippen molar-refractivity contribution in [1.29, 1.82) is 0 Å². The molecule has 3 aliphatic rings. The lowest BCUT2D eigenvalue weighted by Crippen LogP contribution is -2.29. The molecule has 2 saturated carbocycles. The zero-order chi connectivity index (χ0) is 9.76. The Bertz CT molecular complexity index is 236. The van der Waals surface area contributed by atoms with E-state index in [1.807, 2.05) is 13.8 Å². The molecule has 0 spiro atoms. The summed E-state index contributed by atoms with van der Waals surface area (Å²) < 4.78 is 11.6. The third-order valence-electron chi connectivity index (χ3n) is 4.30. The quantitative estimate of drug-likeness (QED) is 0.641. The van der Waals surface area contributed by atoms with Crippen molar-refractivity contribution in [2.45, 2.75) is 51.4 Å². The van der Waals surface area contributed by atoms with E-state index in [0.717, 1.165) is 24.4 Å². The van der Waals surface area contributed by atoms with Gasteiger partial charge in [0, 0.05) is 0 Å². The molecular weight excluding hydrogens is 176 g/mol. The molecule has 1 aliphatic heterocycles. The van der Waals surface area contributed by atoms with E-state index in [0.29, 0.717) is 6.10 Å². The van der Waals surface area contributed by atoms with E-state index in [2.05, 4.69) is 0 Å². The maximum Gasteiger partial charge on any atom is 0.163 e. The van der Waals surface area contributed by atoms with Crippen LogP contribution < -0.4 is 0 Å². The molecule has 1 saturated heterocycles. The second-order valence-electron chi connectivity index (χ2n) is 5.71. The van der Waals surface area contributed by atoms with Crippen LogP contribution in [-0.2, 0) is 9.47 Å². The molecule has 4 atom stereocenters. The number of hydrogen-bond donors (Lipinski definition) is 0. The van der Waals surface area contributed by atoms with Crippen LogP contribution in [0.3, 0.4) is 0 Å². The highest BCUT2D eigenvalue weighted by Gasteiger charge is 2.47. The smallest absolute Gasteiger partial charge is 0.163 e. The molecular formula is C12H20O2. The summed E-state index contributed by atoms with van der Waals surface area (Å²) >= 11 is 0. The van der Waals surface area contributed by atoms with Gasteiger partial charge in [-0.1, -0.05) is 6.42 Å². The van der Waals surface area contributed by atoms with Gasteiger partial charge in [0.15, 0.2) is 5.79 Å². The van der Waals surface area contributed by atoms with Gasteiger partial charge in [-0.2, -0.15) is 0 Å². The molecule has 0 aromatic rings. The largest absolute Gasteiger partial charge is 0.348 e. The average molecular weight is 196 g/mol. The Morgan fingerprint density at radius 3 is 2.50 bits per heavy atom. The summed E-state index contributed by atoms with van der Waals surface area (Å²) in [4.78, 5) is 0. The topological polar surface area (TPSA) is 18.5 Å². The van der Waals surface area contributed by atoms with Crippen LogP contribution in [0.2, 0.25) is 0 Å². The van der Waals surface area contributed by atoms with Crippen molar-refractivity contribution >= 4 is 0 Å². The summed E-state index contributed by atoms with van der Waals surface area (Å²) in [5, 5.41) is 0. The molecule has 2 bridgehead atoms. The minimum absolute atomic E-state index is 0.327. The SMILES string of the molecule is CC1(C)OCC(C2CC3CCC2C3)O1. The third-order valence-corrected chi connectivity index (χ3v) is 4.30. The van der Waals surface area contributed by atoms with Gasteiger partial charge in [-0.25, -0.2) is 0 Å². The first-order valence-electron chi connectivity index (χ1n) is 5.96. The van der Waals surface area contributed by atoms with Crippen LogP contribution in [0.1, 0.15) is 39.5 Å². The van der Waals surface area contributed by atoms with Crippen LogP contribution in [0.25, 0.3) is 0 Å². The monoisotopic (exact) mass is 196 g/mol. The van der Waals surface area contributed by atoms with Gasteiger partial charge in [0.25, 0.3) is 0 Å². The fraction of sp³-hybridized carbons (Fsp3) is 1.00. The maximum atomic E-state index is 5.96. The van der Waals surface area contributed by atoms with Crippen LogP contribution in [0.15, 0.2) is 0 Å². The van der Waals surface area contributed by atoms with Crippen molar-refractivity contribution in [3.63, 3.8) is 0 Å². The van der Waals surface area contributed by atoms with E-state index in [9.17, 15) is 0 Å². The Balaban J connectivity index is 1.67. The van der Waals surface area contributed by atoms with E-state index in [4.69, 9.17) is 9.47 Å². The van der Waals surface area contributed by atoms with E-state index in [1.165, 1.54) is 25.7 Å². The number of ether oxygens (including phenoxy) is 2. The summed E-state index contributed by atoms with van der Waals surface area (Å²) in [6.45, 7) is 4.88. The van der Waals surface area contributed by atoms with E-state index < -0.39 is 0 Å². The second kappa shape index (κ2) is 2.96. The van der Waals surface area contributed by atoms with Gasteiger partial charge in [0.2, 0.25) is 0 Å². The summed E-state index contributed by atoms with van der Waals surface area (Å²) in [5.74, 6) is 2.43. The van der Waals surface area contributed by atoms with Crippen molar-refractivity contribution in [2.75, 3.05) is 6.61 Å². The zero-order valence-corrected chi connectivity index (χ0v) is 9.16. The fourth-order valence-electron chi connectivity index (χ4n) is 3.68. The van der Waals surface area contributed by atoms with Gasteiger partial charge in [-0.15, -0.1) is 0 Å². The maximum absolute atomic E-state index is 5.96. The average Bonchev–Trinajstić information content (AvgIpc) is 2.77. The number of rotatable bonds is 1. The molecule has 2 nitrogen and oxygen atoms in total. The minimum atomic E-state index is -0.327. The van der Waals surface area contributed by atoms with E-state index >= 15 is 0 Å². The van der Waals surface area contributed by atoms with Crippen molar-refractivity contribution < 1.29 is 9.47 Å². The van der Waals surface area contributed by atoms with Gasteiger partial charge in [-0.3, -0.25) is 0 Å². The van der Waals surface area contributed by atoms with Gasteiger partial charge in [0.05, 0.1) is 12.7 Å². The lowest BCUT2D eigenvalue weighted by atomic mass is 9.85. The van der Waals surface area contributed by atoms with Gasteiger partial charge in [0.1, 0.15) is 0 Å². The predicted octanol–water partition coefficient (Wildman–Crippen LogP) is 2.57. The molecule has 80 valence electrons. The predicted molar refractivity (Wildman–Crippen MR) is 53.8 cm³/mol. The Kier molecular flexibility index (Phi) is 1.94. The first kappa shape index (κ1) is 9.17. The summed E-state index contributed by atoms with van der Waals surface area (Å²) in [7, 11) is 0. The molecule has 0 radical (unpaired) electrons. The van der Waals surface area contributed by atoms with Crippen molar-refractivity contribution in [3.05, 3.63) is 0 Å².